The van der Waals surface area contributed by atoms with Crippen LogP contribution in [0.4, 0.5) is 0 Å². The second-order valence-electron chi connectivity index (χ2n) is 4.24. The largest absolute Gasteiger partial charge is 0.190 e. The molecule has 0 rings (SSSR count). The summed E-state index contributed by atoms with van der Waals surface area (Å²) in [7, 11) is 0. The van der Waals surface area contributed by atoms with Crippen molar-refractivity contribution in [2.45, 2.75) is 68.0 Å². The smallest absolute Gasteiger partial charge is 0.127 e. The first kappa shape index (κ1) is 17.2. The van der Waals surface area contributed by atoms with Crippen molar-refractivity contribution in [2.24, 2.45) is 0 Å². The van der Waals surface area contributed by atoms with E-state index < -0.39 is 3.79 Å². The summed E-state index contributed by atoms with van der Waals surface area (Å²) in [6.07, 6.45) is 11.8. The first-order chi connectivity index (χ1) is 7.56. The summed E-state index contributed by atoms with van der Waals surface area (Å²) in [4.78, 5) is 0. The average Bonchev–Trinajstić information content (AvgIpc) is 2.19. The lowest BCUT2D eigenvalue weighted by molar-refractivity contribution is 0.558. The summed E-state index contributed by atoms with van der Waals surface area (Å²) in [6.45, 7) is 0. The van der Waals surface area contributed by atoms with Crippen molar-refractivity contribution < 1.29 is 0 Å². The molecule has 0 heterocycles. The minimum absolute atomic E-state index is 0.674. The summed E-state index contributed by atoms with van der Waals surface area (Å²) < 4.78 is -1.05. The second kappa shape index (κ2) is 11.3. The third-order valence-electron chi connectivity index (χ3n) is 2.59. The van der Waals surface area contributed by atoms with Crippen LogP contribution < -0.4 is 0 Å². The van der Waals surface area contributed by atoms with Gasteiger partial charge in [-0.3, -0.25) is 0 Å². The van der Waals surface area contributed by atoms with Crippen LogP contribution >= 0.6 is 46.4 Å². The van der Waals surface area contributed by atoms with Gasteiger partial charge in [0.2, 0.25) is 0 Å². The van der Waals surface area contributed by atoms with Crippen LogP contribution in [0.1, 0.15) is 64.2 Å². The minimum atomic E-state index is -1.05. The Morgan fingerprint density at radius 2 is 0.938 bits per heavy atom. The lowest BCUT2D eigenvalue weighted by Crippen LogP contribution is -2.00. The zero-order valence-corrected chi connectivity index (χ0v) is 12.8. The Hall–Kier alpha value is 1.16. The maximum absolute atomic E-state index is 5.66. The van der Waals surface area contributed by atoms with Crippen LogP contribution in [0.15, 0.2) is 0 Å². The minimum Gasteiger partial charge on any atom is -0.127 e. The lowest BCUT2D eigenvalue weighted by Gasteiger charge is -2.09. The molecule has 0 atom stereocenters. The first-order valence-electron chi connectivity index (χ1n) is 6.19. The maximum atomic E-state index is 5.66. The molecule has 0 fully saturated rings. The molecule has 0 aromatic heterocycles. The van der Waals surface area contributed by atoms with Gasteiger partial charge in [-0.25, -0.2) is 0 Å². The molecule has 0 N–H and O–H groups in total. The topological polar surface area (TPSA) is 0 Å². The van der Waals surface area contributed by atoms with Crippen LogP contribution in [0.5, 0.6) is 0 Å². The molecule has 0 bridgehead atoms. The quantitative estimate of drug-likeness (QED) is 0.319. The summed E-state index contributed by atoms with van der Waals surface area (Å²) in [6, 6.07) is 0. The fourth-order valence-electron chi connectivity index (χ4n) is 1.66. The number of unbranched alkanes of at least 4 members (excludes halogenated alkanes) is 8. The monoisotopic (exact) mass is 306 g/mol. The molecule has 98 valence electrons. The molecule has 4 heteroatoms. The predicted octanol–water partition coefficient (Wildman–Crippen LogP) is 6.50. The Labute approximate surface area is 120 Å². The van der Waals surface area contributed by atoms with E-state index in [1.54, 1.807) is 0 Å². The van der Waals surface area contributed by atoms with Crippen molar-refractivity contribution >= 4 is 46.4 Å². The first-order valence-corrected chi connectivity index (χ1v) is 7.86. The van der Waals surface area contributed by atoms with Crippen LogP contribution in [-0.2, 0) is 0 Å². The molecular formula is C12H22Cl4. The van der Waals surface area contributed by atoms with Crippen molar-refractivity contribution in [3.05, 3.63) is 0 Å². The molecule has 0 amide bonds. The standard InChI is InChI=1S/C12H22Cl4/c13-11-9-7-5-3-1-2-4-6-8-10-12(14,15)16/h1-11H2. The Bertz CT molecular complexity index is 142. The van der Waals surface area contributed by atoms with Crippen LogP contribution in [0.25, 0.3) is 0 Å². The molecule has 0 spiro atoms. The number of hydrogen-bond donors (Lipinski definition) is 0. The zero-order valence-electron chi connectivity index (χ0n) is 9.79. The van der Waals surface area contributed by atoms with E-state index in [0.29, 0.717) is 6.42 Å². The van der Waals surface area contributed by atoms with Gasteiger partial charge in [0.1, 0.15) is 0 Å². The third-order valence-corrected chi connectivity index (χ3v) is 3.43. The third kappa shape index (κ3) is 15.2. The van der Waals surface area contributed by atoms with Gasteiger partial charge in [-0.15, -0.1) is 11.6 Å². The normalized spacial score (nSPS) is 12.0. The van der Waals surface area contributed by atoms with Crippen LogP contribution in [0.3, 0.4) is 0 Å². The van der Waals surface area contributed by atoms with Gasteiger partial charge >= 0.3 is 0 Å². The highest BCUT2D eigenvalue weighted by Crippen LogP contribution is 2.32. The van der Waals surface area contributed by atoms with Gasteiger partial charge < -0.3 is 0 Å². The van der Waals surface area contributed by atoms with Crippen molar-refractivity contribution in [1.29, 1.82) is 0 Å². The van der Waals surface area contributed by atoms with E-state index in [1.807, 2.05) is 0 Å². The molecule has 0 saturated heterocycles. The van der Waals surface area contributed by atoms with E-state index in [2.05, 4.69) is 0 Å². The van der Waals surface area contributed by atoms with Crippen LogP contribution in [-0.4, -0.2) is 9.67 Å². The maximum Gasteiger partial charge on any atom is 0.190 e. The highest BCUT2D eigenvalue weighted by molar-refractivity contribution is 6.67. The van der Waals surface area contributed by atoms with Gasteiger partial charge in [-0.2, -0.15) is 0 Å². The summed E-state index contributed by atoms with van der Waals surface area (Å²) in [5.74, 6) is 0.803. The molecule has 0 aliphatic heterocycles. The highest BCUT2D eigenvalue weighted by atomic mass is 35.6. The number of halogens is 4. The number of alkyl halides is 4. The van der Waals surface area contributed by atoms with Crippen LogP contribution in [0.2, 0.25) is 0 Å². The van der Waals surface area contributed by atoms with Gasteiger partial charge in [0.05, 0.1) is 0 Å². The molecule has 16 heavy (non-hydrogen) atoms. The lowest BCUT2D eigenvalue weighted by atomic mass is 10.1. The summed E-state index contributed by atoms with van der Waals surface area (Å²) >= 11 is 22.6. The highest BCUT2D eigenvalue weighted by Gasteiger charge is 2.17. The summed E-state index contributed by atoms with van der Waals surface area (Å²) in [5.41, 5.74) is 0. The van der Waals surface area contributed by atoms with Crippen molar-refractivity contribution in [3.63, 3.8) is 0 Å². The van der Waals surface area contributed by atoms with E-state index in [9.17, 15) is 0 Å². The molecule has 0 nitrogen and oxygen atoms in total. The van der Waals surface area contributed by atoms with E-state index in [-0.39, 0.29) is 0 Å². The second-order valence-corrected chi connectivity index (χ2v) is 7.13. The predicted molar refractivity (Wildman–Crippen MR) is 77.2 cm³/mol. The van der Waals surface area contributed by atoms with Gasteiger partial charge in [-0.1, -0.05) is 79.7 Å². The molecular weight excluding hydrogens is 286 g/mol. The molecule has 0 aromatic carbocycles. The van der Waals surface area contributed by atoms with Gasteiger partial charge in [0, 0.05) is 5.88 Å². The van der Waals surface area contributed by atoms with E-state index >= 15 is 0 Å². The molecule has 0 unspecified atom stereocenters. The molecule has 0 aromatic rings. The van der Waals surface area contributed by atoms with Gasteiger partial charge in [-0.05, 0) is 19.3 Å². The Morgan fingerprint density at radius 1 is 0.562 bits per heavy atom. The number of hydrogen-bond acceptors (Lipinski definition) is 0. The molecule has 0 aliphatic rings. The zero-order chi connectivity index (χ0) is 12.3. The van der Waals surface area contributed by atoms with E-state index in [0.717, 1.165) is 18.7 Å². The Morgan fingerprint density at radius 3 is 1.31 bits per heavy atom. The molecule has 0 saturated carbocycles. The molecule has 0 radical (unpaired) electrons. The number of rotatable bonds is 10. The van der Waals surface area contributed by atoms with Gasteiger partial charge in [0.15, 0.2) is 3.79 Å². The fourth-order valence-corrected chi connectivity index (χ4v) is 2.25. The average molecular weight is 308 g/mol. The van der Waals surface area contributed by atoms with E-state index in [1.165, 1.54) is 44.9 Å². The van der Waals surface area contributed by atoms with Crippen molar-refractivity contribution in [3.8, 4) is 0 Å². The summed E-state index contributed by atoms with van der Waals surface area (Å²) in [5, 5.41) is 0. The Kier molecular flexibility index (Phi) is 12.1. The van der Waals surface area contributed by atoms with E-state index in [4.69, 9.17) is 46.4 Å². The van der Waals surface area contributed by atoms with Crippen molar-refractivity contribution in [2.75, 3.05) is 5.88 Å². The SMILES string of the molecule is ClCCCCCCCCCCCC(Cl)(Cl)Cl. The van der Waals surface area contributed by atoms with Gasteiger partial charge in [0.25, 0.3) is 0 Å². The fraction of sp³-hybridized carbons (Fsp3) is 1.00. The van der Waals surface area contributed by atoms with Crippen LogP contribution in [0, 0.1) is 0 Å². The Balaban J connectivity index is 2.99. The van der Waals surface area contributed by atoms with Crippen molar-refractivity contribution in [1.82, 2.24) is 0 Å². The molecule has 0 aliphatic carbocycles.